The highest BCUT2D eigenvalue weighted by molar-refractivity contribution is 5.19. The molecule has 0 aliphatic rings. The Morgan fingerprint density at radius 3 is 2.69 bits per heavy atom. The SMILES string of the molecule is CC(CN)C(F)c1cccc(F)c1. The van der Waals surface area contributed by atoms with Crippen LogP contribution >= 0.6 is 0 Å². The van der Waals surface area contributed by atoms with Gasteiger partial charge in [0.15, 0.2) is 0 Å². The predicted octanol–water partition coefficient (Wildman–Crippen LogP) is 2.43. The van der Waals surface area contributed by atoms with Crippen molar-refractivity contribution in [2.24, 2.45) is 11.7 Å². The molecule has 72 valence electrons. The molecule has 13 heavy (non-hydrogen) atoms. The molecular weight excluding hydrogens is 172 g/mol. The summed E-state index contributed by atoms with van der Waals surface area (Å²) in [4.78, 5) is 0. The Balaban J connectivity index is 2.82. The smallest absolute Gasteiger partial charge is 0.129 e. The first-order valence-corrected chi connectivity index (χ1v) is 4.24. The molecule has 0 aliphatic carbocycles. The largest absolute Gasteiger partial charge is 0.330 e. The van der Waals surface area contributed by atoms with Crippen LogP contribution in [0, 0.1) is 11.7 Å². The monoisotopic (exact) mass is 185 g/mol. The fourth-order valence-corrected chi connectivity index (χ4v) is 1.13. The first-order valence-electron chi connectivity index (χ1n) is 4.24. The molecule has 0 spiro atoms. The van der Waals surface area contributed by atoms with Gasteiger partial charge in [-0.3, -0.25) is 0 Å². The Morgan fingerprint density at radius 1 is 1.46 bits per heavy atom. The zero-order valence-electron chi connectivity index (χ0n) is 7.50. The van der Waals surface area contributed by atoms with Gasteiger partial charge in [0.25, 0.3) is 0 Å². The van der Waals surface area contributed by atoms with Gasteiger partial charge in [-0.2, -0.15) is 0 Å². The van der Waals surface area contributed by atoms with Crippen molar-refractivity contribution < 1.29 is 8.78 Å². The van der Waals surface area contributed by atoms with E-state index < -0.39 is 12.0 Å². The zero-order valence-corrected chi connectivity index (χ0v) is 7.50. The van der Waals surface area contributed by atoms with Gasteiger partial charge in [0.05, 0.1) is 0 Å². The van der Waals surface area contributed by atoms with Crippen molar-refractivity contribution in [2.75, 3.05) is 6.54 Å². The molecule has 0 heterocycles. The van der Waals surface area contributed by atoms with E-state index in [2.05, 4.69) is 0 Å². The van der Waals surface area contributed by atoms with Gasteiger partial charge in [-0.1, -0.05) is 19.1 Å². The van der Waals surface area contributed by atoms with Gasteiger partial charge in [0.1, 0.15) is 12.0 Å². The summed E-state index contributed by atoms with van der Waals surface area (Å²) in [7, 11) is 0. The molecule has 3 heteroatoms. The van der Waals surface area contributed by atoms with Crippen LogP contribution in [0.2, 0.25) is 0 Å². The minimum Gasteiger partial charge on any atom is -0.330 e. The fourth-order valence-electron chi connectivity index (χ4n) is 1.13. The van der Waals surface area contributed by atoms with Gasteiger partial charge in [-0.25, -0.2) is 8.78 Å². The van der Waals surface area contributed by atoms with E-state index in [9.17, 15) is 8.78 Å². The van der Waals surface area contributed by atoms with E-state index in [0.29, 0.717) is 5.56 Å². The molecule has 0 saturated carbocycles. The molecule has 1 aromatic rings. The molecule has 1 rings (SSSR count). The normalized spacial score (nSPS) is 15.4. The molecule has 0 saturated heterocycles. The number of hydrogen-bond acceptors (Lipinski definition) is 1. The van der Waals surface area contributed by atoms with Crippen molar-refractivity contribution in [1.29, 1.82) is 0 Å². The summed E-state index contributed by atoms with van der Waals surface area (Å²) in [5.74, 6) is -0.689. The Bertz CT molecular complexity index is 275. The van der Waals surface area contributed by atoms with Gasteiger partial charge < -0.3 is 5.73 Å². The van der Waals surface area contributed by atoms with Crippen LogP contribution in [0.15, 0.2) is 24.3 Å². The Labute approximate surface area is 76.6 Å². The minimum atomic E-state index is -1.18. The first-order chi connectivity index (χ1) is 6.15. The molecule has 0 fully saturated rings. The highest BCUT2D eigenvalue weighted by Gasteiger charge is 2.16. The highest BCUT2D eigenvalue weighted by Crippen LogP contribution is 2.25. The Kier molecular flexibility index (Phi) is 3.37. The molecule has 0 aromatic heterocycles. The Hall–Kier alpha value is -0.960. The van der Waals surface area contributed by atoms with Crippen LogP contribution < -0.4 is 5.73 Å². The van der Waals surface area contributed by atoms with Gasteiger partial charge in [-0.05, 0) is 24.2 Å². The van der Waals surface area contributed by atoms with E-state index in [0.717, 1.165) is 0 Å². The van der Waals surface area contributed by atoms with Gasteiger partial charge >= 0.3 is 0 Å². The van der Waals surface area contributed by atoms with Gasteiger partial charge in [-0.15, -0.1) is 0 Å². The van der Waals surface area contributed by atoms with Crippen molar-refractivity contribution in [2.45, 2.75) is 13.1 Å². The fraction of sp³-hybridized carbons (Fsp3) is 0.400. The molecule has 1 aromatic carbocycles. The number of halogens is 2. The number of hydrogen-bond donors (Lipinski definition) is 1. The third kappa shape index (κ3) is 2.49. The molecule has 2 unspecified atom stereocenters. The average molecular weight is 185 g/mol. The van der Waals surface area contributed by atoms with Crippen molar-refractivity contribution in [3.8, 4) is 0 Å². The van der Waals surface area contributed by atoms with E-state index in [1.165, 1.54) is 18.2 Å². The van der Waals surface area contributed by atoms with E-state index in [1.807, 2.05) is 0 Å². The van der Waals surface area contributed by atoms with Crippen LogP contribution in [-0.2, 0) is 0 Å². The Morgan fingerprint density at radius 2 is 2.15 bits per heavy atom. The average Bonchev–Trinajstić information content (AvgIpc) is 2.15. The minimum absolute atomic E-state index is 0.262. The maximum atomic E-state index is 13.5. The van der Waals surface area contributed by atoms with Crippen LogP contribution in [0.25, 0.3) is 0 Å². The van der Waals surface area contributed by atoms with Crippen LogP contribution in [-0.4, -0.2) is 6.54 Å². The first kappa shape index (κ1) is 10.1. The van der Waals surface area contributed by atoms with Crippen LogP contribution in [0.4, 0.5) is 8.78 Å². The van der Waals surface area contributed by atoms with E-state index in [1.54, 1.807) is 13.0 Å². The topological polar surface area (TPSA) is 26.0 Å². The van der Waals surface area contributed by atoms with E-state index in [4.69, 9.17) is 5.73 Å². The van der Waals surface area contributed by atoms with Crippen LogP contribution in [0.3, 0.4) is 0 Å². The number of benzene rings is 1. The summed E-state index contributed by atoms with van der Waals surface area (Å²) in [5.41, 5.74) is 5.67. The molecule has 0 radical (unpaired) electrons. The summed E-state index contributed by atoms with van der Waals surface area (Å²) in [5, 5.41) is 0. The van der Waals surface area contributed by atoms with Gasteiger partial charge in [0.2, 0.25) is 0 Å². The molecule has 2 atom stereocenters. The van der Waals surface area contributed by atoms with Crippen molar-refractivity contribution in [1.82, 2.24) is 0 Å². The van der Waals surface area contributed by atoms with Crippen LogP contribution in [0.1, 0.15) is 18.7 Å². The summed E-state index contributed by atoms with van der Waals surface area (Å²) >= 11 is 0. The number of alkyl halides is 1. The lowest BCUT2D eigenvalue weighted by Crippen LogP contribution is -2.16. The highest BCUT2D eigenvalue weighted by atomic mass is 19.1. The molecule has 0 aliphatic heterocycles. The van der Waals surface area contributed by atoms with E-state index in [-0.39, 0.29) is 12.5 Å². The third-order valence-corrected chi connectivity index (χ3v) is 2.04. The quantitative estimate of drug-likeness (QED) is 0.769. The number of rotatable bonds is 3. The molecule has 2 N–H and O–H groups in total. The lowest BCUT2D eigenvalue weighted by molar-refractivity contribution is 0.251. The lowest BCUT2D eigenvalue weighted by atomic mass is 9.99. The molecule has 1 nitrogen and oxygen atoms in total. The summed E-state index contributed by atoms with van der Waals surface area (Å²) in [6.45, 7) is 1.97. The van der Waals surface area contributed by atoms with Crippen molar-refractivity contribution in [3.63, 3.8) is 0 Å². The van der Waals surface area contributed by atoms with Gasteiger partial charge in [0, 0.05) is 5.92 Å². The predicted molar refractivity (Wildman–Crippen MR) is 48.5 cm³/mol. The summed E-state index contributed by atoms with van der Waals surface area (Å²) < 4.78 is 26.2. The zero-order chi connectivity index (χ0) is 9.84. The second-order valence-corrected chi connectivity index (χ2v) is 3.17. The second-order valence-electron chi connectivity index (χ2n) is 3.17. The molecule has 0 amide bonds. The maximum Gasteiger partial charge on any atom is 0.129 e. The van der Waals surface area contributed by atoms with Crippen molar-refractivity contribution in [3.05, 3.63) is 35.6 Å². The number of nitrogens with two attached hydrogens (primary N) is 1. The maximum absolute atomic E-state index is 13.5. The van der Waals surface area contributed by atoms with Crippen LogP contribution in [0.5, 0.6) is 0 Å². The second kappa shape index (κ2) is 4.33. The summed E-state index contributed by atoms with van der Waals surface area (Å²) in [6, 6.07) is 5.57. The third-order valence-electron chi connectivity index (χ3n) is 2.04. The van der Waals surface area contributed by atoms with Crippen molar-refractivity contribution >= 4 is 0 Å². The summed E-state index contributed by atoms with van der Waals surface area (Å²) in [6.07, 6.45) is -1.18. The molecular formula is C10H13F2N. The van der Waals surface area contributed by atoms with E-state index >= 15 is 0 Å². The molecule has 0 bridgehead atoms. The standard InChI is InChI=1S/C10H13F2N/c1-7(6-13)10(12)8-3-2-4-9(11)5-8/h2-5,7,10H,6,13H2,1H3. The lowest BCUT2D eigenvalue weighted by Gasteiger charge is -2.14.